The van der Waals surface area contributed by atoms with Crippen molar-refractivity contribution < 1.29 is 110 Å². The summed E-state index contributed by atoms with van der Waals surface area (Å²) in [5, 5.41) is 0. The summed E-state index contributed by atoms with van der Waals surface area (Å²) in [5.41, 5.74) is -8.94. The zero-order valence-corrected chi connectivity index (χ0v) is 33.0. The molecule has 0 aliphatic rings. The average Bonchev–Trinajstić information content (AvgIpc) is 3.24. The molecular formula is C40H18BF20I. The Kier molecular flexibility index (Phi) is 13.5. The first-order valence-corrected chi connectivity index (χ1v) is 18.1. The van der Waals surface area contributed by atoms with Crippen LogP contribution in [0.4, 0.5) is 87.8 Å². The van der Waals surface area contributed by atoms with Crippen LogP contribution in [-0.4, -0.2) is 6.15 Å². The van der Waals surface area contributed by atoms with E-state index in [2.05, 4.69) is 85.8 Å². The fourth-order valence-electron chi connectivity index (χ4n) is 6.79. The third-order valence-corrected chi connectivity index (χ3v) is 10.7. The standard InChI is InChI=1S/C24BF20.C16H18I/c26-5-1(6(27)14(35)21(42)13(5)34)25(2-7(28)15(36)22(43)16(37)8(2)29,3-9(30)17(38)23(44)18(39)10(3)31)4-11(32)19(40)24(45)20(41)12(4)33;1-11(2)13-5-7-14(8-6-13)15-10-12(3)4-9-16(15)17/h;4-11,17H,1-3H3/q-1;+1. The van der Waals surface area contributed by atoms with E-state index < -0.39 is 144 Å². The van der Waals surface area contributed by atoms with E-state index in [1.54, 1.807) is 0 Å². The van der Waals surface area contributed by atoms with Gasteiger partial charge in [-0.05, 0) is 36.1 Å². The third kappa shape index (κ3) is 7.44. The van der Waals surface area contributed by atoms with Crippen LogP contribution in [0.3, 0.4) is 0 Å². The van der Waals surface area contributed by atoms with Gasteiger partial charge in [0.05, 0.1) is 0 Å². The van der Waals surface area contributed by atoms with Crippen molar-refractivity contribution in [3.63, 3.8) is 0 Å². The van der Waals surface area contributed by atoms with Crippen LogP contribution < -0.4 is 44.4 Å². The monoisotopic (exact) mass is 1020 g/mol. The van der Waals surface area contributed by atoms with Gasteiger partial charge in [0.25, 0.3) is 22.6 Å². The molecule has 0 radical (unpaired) electrons. The van der Waals surface area contributed by atoms with Crippen LogP contribution in [0, 0.1) is 127 Å². The summed E-state index contributed by atoms with van der Waals surface area (Å²) in [5.74, 6) is -70.8. The molecule has 0 nitrogen and oxygen atoms in total. The van der Waals surface area contributed by atoms with Gasteiger partial charge in [-0.25, -0.2) is 87.8 Å². The Morgan fingerprint density at radius 1 is 0.355 bits per heavy atom. The van der Waals surface area contributed by atoms with E-state index in [-0.39, 0.29) is 0 Å². The van der Waals surface area contributed by atoms with Gasteiger partial charge in [0.15, 0.2) is 73.4 Å². The highest BCUT2D eigenvalue weighted by atomic mass is 127. The van der Waals surface area contributed by atoms with Crippen LogP contribution in [-0.2, 0) is 0 Å². The third-order valence-electron chi connectivity index (χ3n) is 9.73. The van der Waals surface area contributed by atoms with Gasteiger partial charge < -0.3 is 0 Å². The second kappa shape index (κ2) is 17.5. The number of benzene rings is 6. The molecule has 328 valence electrons. The molecule has 6 aromatic rings. The van der Waals surface area contributed by atoms with Gasteiger partial charge in [0.2, 0.25) is 0 Å². The molecule has 0 saturated carbocycles. The Morgan fingerprint density at radius 2 is 0.597 bits per heavy atom. The summed E-state index contributed by atoms with van der Waals surface area (Å²) in [4.78, 5) is 0. The highest BCUT2D eigenvalue weighted by Crippen LogP contribution is 2.31. The highest BCUT2D eigenvalue weighted by Gasteiger charge is 2.52. The molecule has 62 heavy (non-hydrogen) atoms. The molecule has 22 heteroatoms. The first kappa shape index (κ1) is 47.8. The summed E-state index contributed by atoms with van der Waals surface area (Å²) >= 11 is 2.09. The SMILES string of the molecule is Cc1ccc([IH+])c(-c2ccc(C(C)C)cc2)c1.Fc1c(F)c(F)c([B-](c2c(F)c(F)c(F)c(F)c2F)(c2c(F)c(F)c(F)c(F)c2F)c2c(F)c(F)c(F)c(F)c2F)c(F)c1F. The minimum Gasteiger partial charge on any atom is -0.207 e. The van der Waals surface area contributed by atoms with Crippen molar-refractivity contribution in [1.29, 1.82) is 0 Å². The molecule has 6 aromatic carbocycles. The van der Waals surface area contributed by atoms with E-state index in [9.17, 15) is 52.7 Å². The van der Waals surface area contributed by atoms with E-state index in [0.717, 1.165) is 0 Å². The number of aryl methyl sites for hydroxylation is 1. The smallest absolute Gasteiger partial charge is 0.207 e. The van der Waals surface area contributed by atoms with Gasteiger partial charge in [-0.2, -0.15) is 0 Å². The van der Waals surface area contributed by atoms with E-state index in [0.29, 0.717) is 5.92 Å². The summed E-state index contributed by atoms with van der Waals surface area (Å²) in [6.07, 6.45) is -7.22. The molecule has 0 spiro atoms. The van der Waals surface area contributed by atoms with Gasteiger partial charge in [-0.15, -0.1) is 21.9 Å². The van der Waals surface area contributed by atoms with Gasteiger partial charge in [0, 0.05) is 5.56 Å². The highest BCUT2D eigenvalue weighted by molar-refractivity contribution is 7.20. The molecule has 0 saturated heterocycles. The van der Waals surface area contributed by atoms with Gasteiger partial charge in [-0.3, -0.25) is 0 Å². The summed E-state index contributed by atoms with van der Waals surface area (Å²) in [7, 11) is 0. The lowest BCUT2D eigenvalue weighted by Crippen LogP contribution is -3.34. The van der Waals surface area contributed by atoms with Crippen LogP contribution in [0.15, 0.2) is 42.5 Å². The molecule has 0 amide bonds. The van der Waals surface area contributed by atoms with E-state index in [4.69, 9.17) is 0 Å². The van der Waals surface area contributed by atoms with Crippen molar-refractivity contribution in [3.05, 3.63) is 174 Å². The lowest BCUT2D eigenvalue weighted by Gasteiger charge is -2.44. The van der Waals surface area contributed by atoms with Crippen LogP contribution in [0.1, 0.15) is 30.9 Å². The number of rotatable bonds is 6. The second-order valence-electron chi connectivity index (χ2n) is 13.6. The molecule has 0 aliphatic carbocycles. The van der Waals surface area contributed by atoms with Gasteiger partial charge in [0.1, 0.15) is 52.7 Å². The largest absolute Gasteiger partial charge is 0.297 e. The van der Waals surface area contributed by atoms with Crippen molar-refractivity contribution in [1.82, 2.24) is 0 Å². The number of hydrogen-bond acceptors (Lipinski definition) is 0. The predicted octanol–water partition coefficient (Wildman–Crippen LogP) is 7.09. The van der Waals surface area contributed by atoms with Crippen LogP contribution in [0.5, 0.6) is 0 Å². The van der Waals surface area contributed by atoms with Crippen LogP contribution >= 0.6 is 0 Å². The Labute approximate surface area is 348 Å². The normalized spacial score (nSPS) is 11.7. The zero-order chi connectivity index (χ0) is 46.8. The molecule has 0 aliphatic heterocycles. The van der Waals surface area contributed by atoms with Crippen molar-refractivity contribution in [3.8, 4) is 11.1 Å². The van der Waals surface area contributed by atoms with E-state index in [1.165, 1.54) is 25.8 Å². The Bertz CT molecular complexity index is 2410. The Morgan fingerprint density at radius 3 is 0.839 bits per heavy atom. The second-order valence-corrected chi connectivity index (χ2v) is 14.8. The van der Waals surface area contributed by atoms with E-state index >= 15 is 35.1 Å². The maximum atomic E-state index is 15.4. The van der Waals surface area contributed by atoms with Crippen molar-refractivity contribution in [2.45, 2.75) is 26.7 Å². The fourth-order valence-corrected chi connectivity index (χ4v) is 7.49. The minimum atomic E-state index is -7.22. The van der Waals surface area contributed by atoms with E-state index in [1.807, 2.05) is 0 Å². The molecule has 0 unspecified atom stereocenters. The first-order valence-electron chi connectivity index (χ1n) is 16.9. The molecule has 6 rings (SSSR count). The average molecular weight is 1020 g/mol. The molecule has 0 bridgehead atoms. The maximum Gasteiger partial charge on any atom is 0.297 e. The molecule has 0 aromatic heterocycles. The van der Waals surface area contributed by atoms with Crippen LogP contribution in [0.2, 0.25) is 0 Å². The van der Waals surface area contributed by atoms with Crippen molar-refractivity contribution in [2.75, 3.05) is 0 Å². The summed E-state index contributed by atoms with van der Waals surface area (Å²) < 4.78 is 295. The first-order chi connectivity index (χ1) is 28.8. The molecule has 0 N–H and O–H groups in total. The van der Waals surface area contributed by atoms with Crippen molar-refractivity contribution >= 4 is 28.0 Å². The fraction of sp³-hybridized carbons (Fsp3) is 0.100. The number of hydrogen-bond donors (Lipinski definition) is 0. The van der Waals surface area contributed by atoms with Gasteiger partial charge in [-0.1, -0.05) is 49.7 Å². The quantitative estimate of drug-likeness (QED) is 0.0551. The lowest BCUT2D eigenvalue weighted by atomic mass is 9.12. The molecule has 0 heterocycles. The number of halogens is 21. The molecule has 0 fully saturated rings. The zero-order valence-electron chi connectivity index (χ0n) is 30.7. The Balaban J connectivity index is 0.000000355. The molecular weight excluding hydrogens is 998 g/mol. The summed E-state index contributed by atoms with van der Waals surface area (Å²) in [6.45, 7) is 6.60. The van der Waals surface area contributed by atoms with Crippen LogP contribution in [0.25, 0.3) is 11.1 Å². The topological polar surface area (TPSA) is 0 Å². The van der Waals surface area contributed by atoms with Crippen molar-refractivity contribution in [2.24, 2.45) is 0 Å². The molecule has 0 atom stereocenters. The maximum absolute atomic E-state index is 15.4. The Hall–Kier alpha value is -5.29. The lowest BCUT2D eigenvalue weighted by molar-refractivity contribution is -0.326. The predicted molar refractivity (Wildman–Crippen MR) is 180 cm³/mol. The minimum absolute atomic E-state index is 0.600. The summed E-state index contributed by atoms with van der Waals surface area (Å²) in [6, 6.07) is 15.6. The van der Waals surface area contributed by atoms with Gasteiger partial charge >= 0.3 is 0 Å².